The molecule has 21 heavy (non-hydrogen) atoms. The molecule has 2 heterocycles. The Kier molecular flexibility index (Phi) is 3.56. The van der Waals surface area contributed by atoms with Crippen molar-refractivity contribution in [1.82, 2.24) is 14.7 Å². The van der Waals surface area contributed by atoms with Crippen LogP contribution in [0.25, 0.3) is 0 Å². The van der Waals surface area contributed by atoms with Crippen molar-refractivity contribution in [2.24, 2.45) is 12.5 Å². The molecule has 5 nitrogen and oxygen atoms in total. The molecular formula is C16H25N3O2. The molecule has 0 amide bonds. The maximum Gasteiger partial charge on any atom is 0.358 e. The highest BCUT2D eigenvalue weighted by atomic mass is 16.5. The van der Waals surface area contributed by atoms with E-state index in [2.05, 4.69) is 23.8 Å². The van der Waals surface area contributed by atoms with Gasteiger partial charge in [0, 0.05) is 43.9 Å². The summed E-state index contributed by atoms with van der Waals surface area (Å²) < 4.78 is 6.72. The Labute approximate surface area is 126 Å². The lowest BCUT2D eigenvalue weighted by Crippen LogP contribution is -2.39. The fourth-order valence-electron chi connectivity index (χ4n) is 3.90. The number of hydrogen-bond donors (Lipinski definition) is 0. The molecular weight excluding hydrogens is 266 g/mol. The number of aryl methyl sites for hydroxylation is 1. The van der Waals surface area contributed by atoms with Crippen LogP contribution in [-0.4, -0.2) is 40.3 Å². The van der Waals surface area contributed by atoms with Crippen molar-refractivity contribution in [3.8, 4) is 0 Å². The van der Waals surface area contributed by atoms with E-state index in [1.807, 2.05) is 11.7 Å². The van der Waals surface area contributed by atoms with Gasteiger partial charge in [-0.15, -0.1) is 0 Å². The lowest BCUT2D eigenvalue weighted by atomic mass is 9.91. The Hall–Kier alpha value is -1.36. The number of carbonyl (C=O) groups excluding carboxylic acids is 1. The molecule has 0 N–H and O–H groups in total. The smallest absolute Gasteiger partial charge is 0.358 e. The molecule has 116 valence electrons. The van der Waals surface area contributed by atoms with Gasteiger partial charge >= 0.3 is 5.97 Å². The van der Waals surface area contributed by atoms with Gasteiger partial charge < -0.3 is 4.74 Å². The summed E-state index contributed by atoms with van der Waals surface area (Å²) in [6.45, 7) is 6.60. The molecule has 1 atom stereocenters. The molecule has 1 aromatic rings. The minimum atomic E-state index is -0.319. The first-order valence-corrected chi connectivity index (χ1v) is 7.78. The Morgan fingerprint density at radius 2 is 2.19 bits per heavy atom. The second-order valence-electron chi connectivity index (χ2n) is 7.17. The topological polar surface area (TPSA) is 47.4 Å². The summed E-state index contributed by atoms with van der Waals surface area (Å²) in [6.07, 6.45) is 4.76. The van der Waals surface area contributed by atoms with Gasteiger partial charge in [-0.25, -0.2) is 4.79 Å². The number of ether oxygens (including phenoxy) is 1. The quantitative estimate of drug-likeness (QED) is 0.783. The number of nitrogens with zero attached hydrogens (tertiary/aromatic N) is 3. The Balaban J connectivity index is 1.83. The van der Waals surface area contributed by atoms with E-state index in [0.717, 1.165) is 25.1 Å². The number of fused-ring (bicyclic) bond motifs is 1. The van der Waals surface area contributed by atoms with E-state index in [-0.39, 0.29) is 5.97 Å². The van der Waals surface area contributed by atoms with Crippen LogP contribution < -0.4 is 0 Å². The van der Waals surface area contributed by atoms with Gasteiger partial charge in [0.15, 0.2) is 5.69 Å². The highest BCUT2D eigenvalue weighted by Gasteiger charge is 2.37. The Morgan fingerprint density at radius 1 is 1.43 bits per heavy atom. The second-order valence-corrected chi connectivity index (χ2v) is 7.17. The molecule has 0 saturated heterocycles. The number of aromatic nitrogens is 2. The van der Waals surface area contributed by atoms with E-state index >= 15 is 0 Å². The molecule has 1 aliphatic carbocycles. The van der Waals surface area contributed by atoms with Crippen LogP contribution in [0.15, 0.2) is 0 Å². The van der Waals surface area contributed by atoms with Gasteiger partial charge in [0.25, 0.3) is 0 Å². The predicted octanol–water partition coefficient (Wildman–Crippen LogP) is 2.14. The number of hydrogen-bond acceptors (Lipinski definition) is 4. The summed E-state index contributed by atoms with van der Waals surface area (Å²) in [5, 5.41) is 4.37. The SMILES string of the molecule is COC(=O)c1nn(C)c2c1CN(C1CCC(C)(C)C1)CC2. The van der Waals surface area contributed by atoms with Gasteiger partial charge in [-0.05, 0) is 24.7 Å². The normalized spacial score (nSPS) is 24.9. The average molecular weight is 291 g/mol. The first-order chi connectivity index (χ1) is 9.91. The van der Waals surface area contributed by atoms with Gasteiger partial charge in [-0.3, -0.25) is 9.58 Å². The zero-order valence-electron chi connectivity index (χ0n) is 13.5. The lowest BCUT2D eigenvalue weighted by molar-refractivity contribution is 0.0589. The molecule has 1 aliphatic heterocycles. The van der Waals surface area contributed by atoms with Crippen molar-refractivity contribution >= 4 is 5.97 Å². The zero-order chi connectivity index (χ0) is 15.2. The van der Waals surface area contributed by atoms with Crippen LogP contribution >= 0.6 is 0 Å². The highest BCUT2D eigenvalue weighted by molar-refractivity contribution is 5.89. The summed E-state index contributed by atoms with van der Waals surface area (Å²) in [7, 11) is 3.34. The number of carbonyl (C=O) groups is 1. The third-order valence-corrected chi connectivity index (χ3v) is 5.11. The van der Waals surface area contributed by atoms with Crippen LogP contribution in [0.4, 0.5) is 0 Å². The Bertz CT molecular complexity index is 562. The summed E-state index contributed by atoms with van der Waals surface area (Å²) in [6, 6.07) is 0.638. The van der Waals surface area contributed by atoms with E-state index in [9.17, 15) is 4.79 Å². The van der Waals surface area contributed by atoms with E-state index in [4.69, 9.17) is 4.74 Å². The minimum absolute atomic E-state index is 0.319. The van der Waals surface area contributed by atoms with Crippen molar-refractivity contribution in [2.45, 2.75) is 52.1 Å². The minimum Gasteiger partial charge on any atom is -0.464 e. The van der Waals surface area contributed by atoms with Crippen LogP contribution in [0.2, 0.25) is 0 Å². The summed E-state index contributed by atoms with van der Waals surface area (Å²) in [5.41, 5.74) is 3.20. The van der Waals surface area contributed by atoms with E-state index < -0.39 is 0 Å². The monoisotopic (exact) mass is 291 g/mol. The zero-order valence-corrected chi connectivity index (χ0v) is 13.5. The van der Waals surface area contributed by atoms with Crippen LogP contribution in [-0.2, 0) is 24.8 Å². The van der Waals surface area contributed by atoms with Gasteiger partial charge in [0.2, 0.25) is 0 Å². The highest BCUT2D eigenvalue weighted by Crippen LogP contribution is 2.40. The molecule has 2 aliphatic rings. The number of methoxy groups -OCH3 is 1. The van der Waals surface area contributed by atoms with Crippen molar-refractivity contribution in [1.29, 1.82) is 0 Å². The van der Waals surface area contributed by atoms with Crippen molar-refractivity contribution in [2.75, 3.05) is 13.7 Å². The number of rotatable bonds is 2. The third-order valence-electron chi connectivity index (χ3n) is 5.11. The number of esters is 1. The molecule has 1 saturated carbocycles. The molecule has 0 radical (unpaired) electrons. The first-order valence-electron chi connectivity index (χ1n) is 7.78. The molecule has 1 fully saturated rings. The third kappa shape index (κ3) is 2.59. The standard InChI is InChI=1S/C16H25N3O2/c1-16(2)7-5-11(9-16)19-8-6-13-12(10-19)14(15(20)21-4)17-18(13)3/h11H,5-10H2,1-4H3. The van der Waals surface area contributed by atoms with Gasteiger partial charge in [-0.1, -0.05) is 13.8 Å². The first kappa shape index (κ1) is 14.6. The molecule has 0 spiro atoms. The molecule has 1 aromatic heterocycles. The van der Waals surface area contributed by atoms with Crippen molar-refractivity contribution < 1.29 is 9.53 Å². The molecule has 1 unspecified atom stereocenters. The fraction of sp³-hybridized carbons (Fsp3) is 0.750. The molecule has 5 heteroatoms. The molecule has 3 rings (SSSR count). The van der Waals surface area contributed by atoms with Crippen LogP contribution in [0.5, 0.6) is 0 Å². The fourth-order valence-corrected chi connectivity index (χ4v) is 3.90. The van der Waals surface area contributed by atoms with Gasteiger partial charge in [0.1, 0.15) is 0 Å². The van der Waals surface area contributed by atoms with E-state index in [1.54, 1.807) is 0 Å². The van der Waals surface area contributed by atoms with Crippen LogP contribution in [0.3, 0.4) is 0 Å². The summed E-state index contributed by atoms with van der Waals surface area (Å²) in [4.78, 5) is 14.4. The maximum absolute atomic E-state index is 11.9. The Morgan fingerprint density at radius 3 is 2.81 bits per heavy atom. The summed E-state index contributed by atoms with van der Waals surface area (Å²) in [5.74, 6) is -0.319. The predicted molar refractivity (Wildman–Crippen MR) is 80.1 cm³/mol. The molecule has 0 bridgehead atoms. The second kappa shape index (κ2) is 5.13. The van der Waals surface area contributed by atoms with Gasteiger partial charge in [0.05, 0.1) is 7.11 Å². The largest absolute Gasteiger partial charge is 0.464 e. The van der Waals surface area contributed by atoms with Crippen LogP contribution in [0.1, 0.15) is 54.9 Å². The maximum atomic E-state index is 11.9. The van der Waals surface area contributed by atoms with E-state index in [1.165, 1.54) is 32.1 Å². The summed E-state index contributed by atoms with van der Waals surface area (Å²) >= 11 is 0. The average Bonchev–Trinajstić information content (AvgIpc) is 2.98. The van der Waals surface area contributed by atoms with Gasteiger partial charge in [-0.2, -0.15) is 5.10 Å². The van der Waals surface area contributed by atoms with Crippen LogP contribution in [0, 0.1) is 5.41 Å². The van der Waals surface area contributed by atoms with Crippen molar-refractivity contribution in [3.63, 3.8) is 0 Å². The lowest BCUT2D eigenvalue weighted by Gasteiger charge is -2.33. The van der Waals surface area contributed by atoms with E-state index in [0.29, 0.717) is 17.2 Å². The van der Waals surface area contributed by atoms with Crippen molar-refractivity contribution in [3.05, 3.63) is 17.0 Å². The molecule has 0 aromatic carbocycles.